The first-order valence-corrected chi connectivity index (χ1v) is 3.38. The van der Waals surface area contributed by atoms with E-state index < -0.39 is 0 Å². The van der Waals surface area contributed by atoms with E-state index in [-0.39, 0.29) is 10.0 Å². The van der Waals surface area contributed by atoms with Gasteiger partial charge in [-0.2, -0.15) is 0 Å². The first-order valence-electron chi connectivity index (χ1n) is 2.56. The summed E-state index contributed by atoms with van der Waals surface area (Å²) in [5, 5.41) is 3.20. The molecule has 0 N–H and O–H groups in total. The van der Waals surface area contributed by atoms with E-state index in [4.69, 9.17) is 9.05 Å². The van der Waals surface area contributed by atoms with Crippen LogP contribution in [0.15, 0.2) is 0 Å². The maximum atomic E-state index is 4.95. The lowest BCUT2D eigenvalue weighted by molar-refractivity contribution is -0.0801. The molecular weight excluding hydrogens is 136 g/mol. The molecule has 54 valence electrons. The molecule has 2 radical (unpaired) electrons. The highest BCUT2D eigenvalue weighted by atomic mass is 28.3. The monoisotopic (exact) mass is 148 g/mol. The molecular formula is C4H12N2O2Si. The van der Waals surface area contributed by atoms with Gasteiger partial charge in [0.2, 0.25) is 0 Å². The Morgan fingerprint density at radius 3 is 1.44 bits per heavy atom. The van der Waals surface area contributed by atoms with Crippen LogP contribution in [0.1, 0.15) is 0 Å². The van der Waals surface area contributed by atoms with Crippen LogP contribution in [0.5, 0.6) is 0 Å². The Hall–Kier alpha value is 0.0569. The fourth-order valence-corrected chi connectivity index (χ4v) is 0.497. The lowest BCUT2D eigenvalue weighted by atomic mass is 11.2. The summed E-state index contributed by atoms with van der Waals surface area (Å²) in [4.78, 5) is 0. The third-order valence-corrected chi connectivity index (χ3v) is 1.32. The second-order valence-electron chi connectivity index (χ2n) is 1.89. The van der Waals surface area contributed by atoms with Crippen molar-refractivity contribution in [1.82, 2.24) is 10.1 Å². The molecule has 0 aliphatic heterocycles. The zero-order valence-electron chi connectivity index (χ0n) is 6.21. The number of hydrogen-bond acceptors (Lipinski definition) is 4. The topological polar surface area (TPSA) is 24.9 Å². The van der Waals surface area contributed by atoms with Crippen LogP contribution in [-0.2, 0) is 9.05 Å². The van der Waals surface area contributed by atoms with Gasteiger partial charge < -0.3 is 9.05 Å². The van der Waals surface area contributed by atoms with Crippen molar-refractivity contribution in [1.29, 1.82) is 0 Å². The fourth-order valence-electron chi connectivity index (χ4n) is 0.166. The van der Waals surface area contributed by atoms with Crippen LogP contribution in [0.4, 0.5) is 0 Å². The first-order chi connectivity index (χ1) is 4.13. The minimum Gasteiger partial charge on any atom is -0.304 e. The van der Waals surface area contributed by atoms with E-state index in [1.807, 2.05) is 28.2 Å². The highest BCUT2D eigenvalue weighted by Crippen LogP contribution is 1.78. The van der Waals surface area contributed by atoms with E-state index in [2.05, 4.69) is 0 Å². The third-order valence-electron chi connectivity index (χ3n) is 0.440. The molecule has 0 aromatic rings. The Morgan fingerprint density at radius 1 is 0.889 bits per heavy atom. The molecule has 0 saturated heterocycles. The van der Waals surface area contributed by atoms with Crippen LogP contribution in [-0.4, -0.2) is 48.3 Å². The molecule has 0 aliphatic carbocycles. The van der Waals surface area contributed by atoms with Crippen molar-refractivity contribution in [2.75, 3.05) is 28.2 Å². The van der Waals surface area contributed by atoms with Gasteiger partial charge in [-0.3, -0.25) is 0 Å². The van der Waals surface area contributed by atoms with Gasteiger partial charge >= 0.3 is 10.0 Å². The zero-order chi connectivity index (χ0) is 7.28. The molecule has 0 bridgehead atoms. The van der Waals surface area contributed by atoms with Crippen LogP contribution in [0.25, 0.3) is 0 Å². The number of hydrogen-bond donors (Lipinski definition) is 0. The Balaban J connectivity index is 2.91. The van der Waals surface area contributed by atoms with Crippen LogP contribution in [0.3, 0.4) is 0 Å². The second kappa shape index (κ2) is 4.89. The van der Waals surface area contributed by atoms with Crippen molar-refractivity contribution in [2.45, 2.75) is 0 Å². The summed E-state index contributed by atoms with van der Waals surface area (Å²) in [6, 6.07) is 0. The lowest BCUT2D eigenvalue weighted by Gasteiger charge is -2.11. The van der Waals surface area contributed by atoms with Crippen molar-refractivity contribution in [3.8, 4) is 0 Å². The Labute approximate surface area is 58.3 Å². The van der Waals surface area contributed by atoms with Gasteiger partial charge in [0.25, 0.3) is 0 Å². The quantitative estimate of drug-likeness (QED) is 0.396. The van der Waals surface area contributed by atoms with Crippen molar-refractivity contribution in [2.24, 2.45) is 0 Å². The van der Waals surface area contributed by atoms with Gasteiger partial charge in [0.15, 0.2) is 0 Å². The SMILES string of the molecule is CN(C)O[Si]ON(C)C. The van der Waals surface area contributed by atoms with Crippen LogP contribution in [0.2, 0.25) is 0 Å². The highest BCUT2D eigenvalue weighted by Gasteiger charge is 1.95. The third kappa shape index (κ3) is 8.06. The first kappa shape index (κ1) is 9.06. The number of hydroxylamine groups is 4. The highest BCUT2D eigenvalue weighted by molar-refractivity contribution is 6.17. The van der Waals surface area contributed by atoms with E-state index in [0.717, 1.165) is 0 Å². The molecule has 0 aromatic carbocycles. The second-order valence-corrected chi connectivity index (χ2v) is 2.42. The predicted molar refractivity (Wildman–Crippen MR) is 35.3 cm³/mol. The summed E-state index contributed by atoms with van der Waals surface area (Å²) in [6.07, 6.45) is 0. The average molecular weight is 148 g/mol. The molecule has 0 fully saturated rings. The van der Waals surface area contributed by atoms with Crippen molar-refractivity contribution in [3.63, 3.8) is 0 Å². The lowest BCUT2D eigenvalue weighted by Crippen LogP contribution is -2.23. The van der Waals surface area contributed by atoms with Crippen molar-refractivity contribution >= 4 is 10.0 Å². The number of rotatable bonds is 4. The minimum absolute atomic E-state index is 0.0448. The van der Waals surface area contributed by atoms with Gasteiger partial charge in [0.05, 0.1) is 0 Å². The van der Waals surface area contributed by atoms with E-state index in [9.17, 15) is 0 Å². The molecule has 0 aliphatic rings. The molecule has 0 heterocycles. The predicted octanol–water partition coefficient (Wildman–Crippen LogP) is -0.493. The molecule has 4 nitrogen and oxygen atoms in total. The molecule has 9 heavy (non-hydrogen) atoms. The van der Waals surface area contributed by atoms with Gasteiger partial charge in [-0.15, -0.1) is 0 Å². The summed E-state index contributed by atoms with van der Waals surface area (Å²) >= 11 is 0. The molecule has 0 saturated carbocycles. The van der Waals surface area contributed by atoms with Gasteiger partial charge in [-0.25, -0.2) is 10.1 Å². The van der Waals surface area contributed by atoms with E-state index in [0.29, 0.717) is 0 Å². The van der Waals surface area contributed by atoms with Crippen LogP contribution < -0.4 is 0 Å². The van der Waals surface area contributed by atoms with Crippen LogP contribution in [0, 0.1) is 0 Å². The molecule has 0 unspecified atom stereocenters. The summed E-state index contributed by atoms with van der Waals surface area (Å²) in [5.41, 5.74) is 0. The molecule has 0 spiro atoms. The smallest absolute Gasteiger partial charge is 0.304 e. The molecule has 0 rings (SSSR count). The maximum absolute atomic E-state index is 4.95. The van der Waals surface area contributed by atoms with Gasteiger partial charge in [0.1, 0.15) is 0 Å². The molecule has 0 atom stereocenters. The molecule has 0 amide bonds. The average Bonchev–Trinajstić information content (AvgIpc) is 1.63. The molecule has 5 heteroatoms. The Bertz CT molecular complexity index is 61.6. The van der Waals surface area contributed by atoms with E-state index in [1.165, 1.54) is 0 Å². The summed E-state index contributed by atoms with van der Waals surface area (Å²) in [7, 11) is 7.29. The van der Waals surface area contributed by atoms with Crippen LogP contribution >= 0.6 is 0 Å². The molecule has 0 aromatic heterocycles. The van der Waals surface area contributed by atoms with Gasteiger partial charge in [-0.1, -0.05) is 0 Å². The fraction of sp³-hybridized carbons (Fsp3) is 1.00. The van der Waals surface area contributed by atoms with Crippen molar-refractivity contribution in [3.05, 3.63) is 0 Å². The summed E-state index contributed by atoms with van der Waals surface area (Å²) in [5.74, 6) is 0. The van der Waals surface area contributed by atoms with E-state index >= 15 is 0 Å². The maximum Gasteiger partial charge on any atom is 0.471 e. The zero-order valence-corrected chi connectivity index (χ0v) is 7.21. The van der Waals surface area contributed by atoms with Crippen molar-refractivity contribution < 1.29 is 9.05 Å². The summed E-state index contributed by atoms with van der Waals surface area (Å²) < 4.78 is 9.90. The Kier molecular flexibility index (Phi) is 4.92. The van der Waals surface area contributed by atoms with Gasteiger partial charge in [0, 0.05) is 28.2 Å². The number of nitrogens with zero attached hydrogens (tertiary/aromatic N) is 2. The van der Waals surface area contributed by atoms with Gasteiger partial charge in [-0.05, 0) is 0 Å². The minimum atomic E-state index is 0.0448. The Morgan fingerprint density at radius 2 is 1.22 bits per heavy atom. The van der Waals surface area contributed by atoms with E-state index in [1.54, 1.807) is 10.1 Å². The normalized spacial score (nSPS) is 11.3. The summed E-state index contributed by atoms with van der Waals surface area (Å²) in [6.45, 7) is 0. The standard InChI is InChI=1S/C4H12N2O2Si/c1-5(2)7-9-8-6(3)4/h1-4H3. The largest absolute Gasteiger partial charge is 0.471 e.